The van der Waals surface area contributed by atoms with E-state index in [9.17, 15) is 0 Å². The van der Waals surface area contributed by atoms with Gasteiger partial charge >= 0.3 is 0 Å². The minimum atomic E-state index is -0.825. The van der Waals surface area contributed by atoms with Gasteiger partial charge in [-0.05, 0) is 30.5 Å². The van der Waals surface area contributed by atoms with E-state index in [1.807, 2.05) is 12.1 Å². The van der Waals surface area contributed by atoms with Gasteiger partial charge in [-0.2, -0.15) is 0 Å². The number of aliphatic hydroxyl groups is 2. The summed E-state index contributed by atoms with van der Waals surface area (Å²) >= 11 is 0. The molecule has 0 saturated carbocycles. The van der Waals surface area contributed by atoms with E-state index in [-0.39, 0.29) is 13.2 Å². The molecular weight excluding hydrogens is 396 g/mol. The van der Waals surface area contributed by atoms with Gasteiger partial charge in [0.05, 0.1) is 46.2 Å². The highest BCUT2D eigenvalue weighted by Crippen LogP contribution is 2.15. The van der Waals surface area contributed by atoms with Crippen LogP contribution >= 0.6 is 0 Å². The molecule has 2 N–H and O–H groups in total. The number of aliphatic hydroxyl groups excluding tert-OH is 2. The number of ether oxygens (including phenoxy) is 4. The fraction of sp³-hybridized carbons (Fsp3) is 0.760. The van der Waals surface area contributed by atoms with Crippen LogP contribution in [0.4, 0.5) is 0 Å². The molecule has 1 aromatic rings. The number of hydrogen-bond acceptors (Lipinski definition) is 6. The Morgan fingerprint density at radius 3 is 1.87 bits per heavy atom. The monoisotopic (exact) mass is 440 g/mol. The summed E-state index contributed by atoms with van der Waals surface area (Å²) in [5, 5.41) is 17.8. The molecule has 0 radical (unpaired) electrons. The number of rotatable bonds is 22. The van der Waals surface area contributed by atoms with Crippen molar-refractivity contribution in [3.63, 3.8) is 0 Å². The van der Waals surface area contributed by atoms with Crippen molar-refractivity contribution >= 4 is 0 Å². The molecule has 1 unspecified atom stereocenters. The van der Waals surface area contributed by atoms with Crippen molar-refractivity contribution in [1.82, 2.24) is 0 Å². The molecular formula is C25H44O6. The minimum Gasteiger partial charge on any atom is -0.491 e. The van der Waals surface area contributed by atoms with Gasteiger partial charge in [0.1, 0.15) is 18.5 Å². The van der Waals surface area contributed by atoms with E-state index in [0.29, 0.717) is 39.6 Å². The molecule has 0 aliphatic carbocycles. The van der Waals surface area contributed by atoms with Crippen molar-refractivity contribution in [3.05, 3.63) is 29.8 Å². The second-order valence-electron chi connectivity index (χ2n) is 7.85. The van der Waals surface area contributed by atoms with Crippen molar-refractivity contribution in [2.45, 2.75) is 70.8 Å². The highest BCUT2D eigenvalue weighted by Gasteiger charge is 2.01. The van der Waals surface area contributed by atoms with Crippen molar-refractivity contribution in [3.8, 4) is 5.75 Å². The average molecular weight is 441 g/mol. The first kappa shape index (κ1) is 27.9. The number of benzene rings is 1. The van der Waals surface area contributed by atoms with E-state index in [1.54, 1.807) is 0 Å². The second-order valence-corrected chi connectivity index (χ2v) is 7.85. The summed E-state index contributed by atoms with van der Waals surface area (Å²) in [5.41, 5.74) is 1.38. The Labute approximate surface area is 188 Å². The van der Waals surface area contributed by atoms with Gasteiger partial charge in [-0.15, -0.1) is 0 Å². The van der Waals surface area contributed by atoms with E-state index in [0.717, 1.165) is 12.2 Å². The average Bonchev–Trinajstić information content (AvgIpc) is 2.79. The third-order valence-corrected chi connectivity index (χ3v) is 5.00. The maximum Gasteiger partial charge on any atom is 0.119 e. The molecule has 31 heavy (non-hydrogen) atoms. The third-order valence-electron chi connectivity index (χ3n) is 5.00. The summed E-state index contributed by atoms with van der Waals surface area (Å²) in [7, 11) is 0. The topological polar surface area (TPSA) is 77.4 Å². The predicted molar refractivity (Wildman–Crippen MR) is 124 cm³/mol. The van der Waals surface area contributed by atoms with Gasteiger partial charge in [0, 0.05) is 0 Å². The predicted octanol–water partition coefficient (Wildman–Crippen LogP) is 4.15. The van der Waals surface area contributed by atoms with Crippen LogP contribution in [0.5, 0.6) is 5.75 Å². The van der Waals surface area contributed by atoms with Crippen LogP contribution in [0.2, 0.25) is 0 Å². The van der Waals surface area contributed by atoms with Crippen LogP contribution in [0, 0.1) is 0 Å². The fourth-order valence-electron chi connectivity index (χ4n) is 3.15. The SMILES string of the molecule is CCCCCCCCCCc1ccc(OCCOCCOCCOCC(O)CO)cc1. The maximum atomic E-state index is 9.11. The summed E-state index contributed by atoms with van der Waals surface area (Å²) in [5.74, 6) is 0.877. The summed E-state index contributed by atoms with van der Waals surface area (Å²) in [4.78, 5) is 0. The first-order valence-corrected chi connectivity index (χ1v) is 12.0. The van der Waals surface area contributed by atoms with Crippen LogP contribution in [0.1, 0.15) is 63.9 Å². The molecule has 180 valence electrons. The molecule has 1 aromatic carbocycles. The van der Waals surface area contributed by atoms with E-state index in [1.165, 1.54) is 56.9 Å². The number of unbranched alkanes of at least 4 members (excludes halogenated alkanes) is 7. The largest absolute Gasteiger partial charge is 0.491 e. The molecule has 6 heteroatoms. The molecule has 1 atom stereocenters. The van der Waals surface area contributed by atoms with E-state index >= 15 is 0 Å². The van der Waals surface area contributed by atoms with Gasteiger partial charge in [-0.3, -0.25) is 0 Å². The van der Waals surface area contributed by atoms with Gasteiger partial charge < -0.3 is 29.2 Å². The number of aryl methyl sites for hydroxylation is 1. The molecule has 0 heterocycles. The van der Waals surface area contributed by atoms with Crippen LogP contribution in [0.25, 0.3) is 0 Å². The molecule has 0 amide bonds. The maximum absolute atomic E-state index is 9.11. The Kier molecular flexibility index (Phi) is 18.6. The minimum absolute atomic E-state index is 0.119. The normalized spacial score (nSPS) is 12.2. The molecule has 0 fully saturated rings. The lowest BCUT2D eigenvalue weighted by Gasteiger charge is -2.10. The number of hydrogen-bond donors (Lipinski definition) is 2. The van der Waals surface area contributed by atoms with Crippen LogP contribution in [-0.4, -0.2) is 69.2 Å². The zero-order valence-corrected chi connectivity index (χ0v) is 19.4. The van der Waals surface area contributed by atoms with Gasteiger partial charge in [0.15, 0.2) is 0 Å². The fourth-order valence-corrected chi connectivity index (χ4v) is 3.15. The quantitative estimate of drug-likeness (QED) is 0.264. The molecule has 1 rings (SSSR count). The van der Waals surface area contributed by atoms with Crippen LogP contribution in [0.3, 0.4) is 0 Å². The molecule has 0 aliphatic heterocycles. The van der Waals surface area contributed by atoms with Gasteiger partial charge in [-0.25, -0.2) is 0 Å². The lowest BCUT2D eigenvalue weighted by molar-refractivity contribution is -0.0240. The lowest BCUT2D eigenvalue weighted by Crippen LogP contribution is -2.21. The Morgan fingerprint density at radius 2 is 1.26 bits per heavy atom. The van der Waals surface area contributed by atoms with E-state index in [4.69, 9.17) is 29.2 Å². The zero-order chi connectivity index (χ0) is 22.4. The molecule has 0 aliphatic rings. The Hall–Kier alpha value is -1.18. The summed E-state index contributed by atoms with van der Waals surface area (Å²) in [6, 6.07) is 8.40. The van der Waals surface area contributed by atoms with E-state index in [2.05, 4.69) is 19.1 Å². The van der Waals surface area contributed by atoms with Crippen molar-refractivity contribution in [2.75, 3.05) is 52.9 Å². The lowest BCUT2D eigenvalue weighted by atomic mass is 10.0. The van der Waals surface area contributed by atoms with E-state index < -0.39 is 6.10 Å². The molecule has 0 spiro atoms. The van der Waals surface area contributed by atoms with Crippen LogP contribution in [-0.2, 0) is 20.6 Å². The Morgan fingerprint density at radius 1 is 0.710 bits per heavy atom. The Bertz CT molecular complexity index is 493. The third kappa shape index (κ3) is 17.1. The standard InChI is InChI=1S/C25H44O6/c1-2-3-4-5-6-7-8-9-10-23-11-13-25(14-12-23)31-20-19-29-16-15-28-17-18-30-22-24(27)21-26/h11-14,24,26-27H,2-10,15-22H2,1H3. The first-order chi connectivity index (χ1) is 15.3. The van der Waals surface area contributed by atoms with Crippen LogP contribution in [0.15, 0.2) is 24.3 Å². The van der Waals surface area contributed by atoms with Gasteiger partial charge in [0.25, 0.3) is 0 Å². The highest BCUT2D eigenvalue weighted by atomic mass is 16.6. The zero-order valence-electron chi connectivity index (χ0n) is 19.4. The molecule has 0 aromatic heterocycles. The molecule has 6 nitrogen and oxygen atoms in total. The van der Waals surface area contributed by atoms with Crippen LogP contribution < -0.4 is 4.74 Å². The summed E-state index contributed by atoms with van der Waals surface area (Å²) in [6.07, 6.45) is 11.1. The Balaban J connectivity index is 1.91. The molecule has 0 saturated heterocycles. The van der Waals surface area contributed by atoms with Gasteiger partial charge in [-0.1, -0.05) is 64.0 Å². The smallest absolute Gasteiger partial charge is 0.119 e. The van der Waals surface area contributed by atoms with Crippen molar-refractivity contribution < 1.29 is 29.2 Å². The van der Waals surface area contributed by atoms with Gasteiger partial charge in [0.2, 0.25) is 0 Å². The van der Waals surface area contributed by atoms with Crippen molar-refractivity contribution in [2.24, 2.45) is 0 Å². The second kappa shape index (κ2) is 20.7. The summed E-state index contributed by atoms with van der Waals surface area (Å²) in [6.45, 7) is 4.92. The summed E-state index contributed by atoms with van der Waals surface area (Å²) < 4.78 is 21.7. The first-order valence-electron chi connectivity index (χ1n) is 12.0. The highest BCUT2D eigenvalue weighted by molar-refractivity contribution is 5.27. The van der Waals surface area contributed by atoms with Crippen molar-refractivity contribution in [1.29, 1.82) is 0 Å². The molecule has 0 bridgehead atoms.